The van der Waals surface area contributed by atoms with E-state index in [4.69, 9.17) is 0 Å². The van der Waals surface area contributed by atoms with Gasteiger partial charge in [-0.05, 0) is 30.7 Å². The lowest BCUT2D eigenvalue weighted by atomic mass is 10.1. The zero-order chi connectivity index (χ0) is 13.8. The normalized spacial score (nSPS) is 12.3. The zero-order valence-electron chi connectivity index (χ0n) is 10.3. The largest absolute Gasteiger partial charge is 0.324 e. The van der Waals surface area contributed by atoms with E-state index in [0.29, 0.717) is 6.54 Å². The Hall–Kier alpha value is -1.79. The van der Waals surface area contributed by atoms with E-state index in [1.165, 1.54) is 18.2 Å². The quantitative estimate of drug-likeness (QED) is 0.672. The van der Waals surface area contributed by atoms with Crippen molar-refractivity contribution >= 4 is 16.3 Å². The molecule has 0 saturated carbocycles. The molecule has 0 fully saturated rings. The minimum Gasteiger partial charge on any atom is -0.305 e. The highest BCUT2D eigenvalue weighted by molar-refractivity contribution is 7.15. The number of thiophene rings is 1. The summed E-state index contributed by atoms with van der Waals surface area (Å²) < 4.78 is 13.1. The molecule has 0 aliphatic carbocycles. The van der Waals surface area contributed by atoms with Crippen molar-refractivity contribution in [3.8, 4) is 0 Å². The fourth-order valence-electron chi connectivity index (χ4n) is 1.71. The lowest BCUT2D eigenvalue weighted by Crippen LogP contribution is -2.17. The minimum atomic E-state index is -0.399. The molecular formula is C13H13FN2O2S. The molecule has 0 aliphatic rings. The molecule has 2 rings (SSSR count). The van der Waals surface area contributed by atoms with Gasteiger partial charge in [0.25, 0.3) is 0 Å². The molecule has 1 aromatic heterocycles. The van der Waals surface area contributed by atoms with Gasteiger partial charge in [-0.25, -0.2) is 4.39 Å². The maximum atomic E-state index is 13.1. The number of nitrogens with zero attached hydrogens (tertiary/aromatic N) is 1. The van der Waals surface area contributed by atoms with Crippen molar-refractivity contribution in [3.63, 3.8) is 0 Å². The van der Waals surface area contributed by atoms with Gasteiger partial charge < -0.3 is 5.32 Å². The van der Waals surface area contributed by atoms with Crippen LogP contribution in [0.2, 0.25) is 0 Å². The molecule has 4 nitrogen and oxygen atoms in total. The molecule has 0 unspecified atom stereocenters. The Bertz CT molecular complexity index is 586. The maximum absolute atomic E-state index is 13.1. The minimum absolute atomic E-state index is 0.0168. The molecule has 1 N–H and O–H groups in total. The monoisotopic (exact) mass is 280 g/mol. The molecule has 0 amide bonds. The first-order valence-electron chi connectivity index (χ1n) is 5.78. The van der Waals surface area contributed by atoms with E-state index in [2.05, 4.69) is 5.32 Å². The summed E-state index contributed by atoms with van der Waals surface area (Å²) >= 11 is 1.15. The fraction of sp³-hybridized carbons (Fsp3) is 0.231. The Labute approximate surface area is 114 Å². The number of nitrogens with one attached hydrogen (secondary N) is 1. The predicted molar refractivity (Wildman–Crippen MR) is 72.6 cm³/mol. The second kappa shape index (κ2) is 5.90. The van der Waals surface area contributed by atoms with E-state index in [-0.39, 0.29) is 16.9 Å². The molecule has 1 heterocycles. The fourth-order valence-corrected chi connectivity index (χ4v) is 2.48. The smallest absolute Gasteiger partial charge is 0.305 e. The van der Waals surface area contributed by atoms with Gasteiger partial charge in [0.15, 0.2) is 0 Å². The summed E-state index contributed by atoms with van der Waals surface area (Å²) in [5.41, 5.74) is 0.853. The predicted octanol–water partition coefficient (Wildman–Crippen LogP) is 3.65. The average molecular weight is 280 g/mol. The highest BCUT2D eigenvalue weighted by Crippen LogP contribution is 2.24. The van der Waals surface area contributed by atoms with Gasteiger partial charge in [-0.2, -0.15) is 0 Å². The molecule has 2 aromatic rings. The Kier molecular flexibility index (Phi) is 4.24. The topological polar surface area (TPSA) is 55.2 Å². The van der Waals surface area contributed by atoms with Crippen LogP contribution in [0.25, 0.3) is 0 Å². The Morgan fingerprint density at radius 3 is 2.84 bits per heavy atom. The summed E-state index contributed by atoms with van der Waals surface area (Å²) in [6.45, 7) is 2.45. The zero-order valence-corrected chi connectivity index (χ0v) is 11.1. The molecule has 0 aliphatic heterocycles. The van der Waals surface area contributed by atoms with Crippen LogP contribution in [-0.2, 0) is 6.54 Å². The van der Waals surface area contributed by atoms with Crippen molar-refractivity contribution in [2.24, 2.45) is 0 Å². The Morgan fingerprint density at radius 2 is 2.21 bits per heavy atom. The molecule has 0 bridgehead atoms. The molecule has 100 valence electrons. The van der Waals surface area contributed by atoms with Crippen LogP contribution in [0, 0.1) is 15.9 Å². The molecule has 6 heteroatoms. The van der Waals surface area contributed by atoms with E-state index in [1.807, 2.05) is 13.0 Å². The molecule has 0 spiro atoms. The van der Waals surface area contributed by atoms with Gasteiger partial charge in [-0.3, -0.25) is 10.1 Å². The molecular weight excluding hydrogens is 267 g/mol. The number of nitro groups is 1. The van der Waals surface area contributed by atoms with Gasteiger partial charge in [-0.15, -0.1) is 0 Å². The lowest BCUT2D eigenvalue weighted by molar-refractivity contribution is -0.380. The van der Waals surface area contributed by atoms with E-state index < -0.39 is 4.92 Å². The second-order valence-corrected chi connectivity index (χ2v) is 5.30. The number of rotatable bonds is 5. The third-order valence-electron chi connectivity index (χ3n) is 2.76. The van der Waals surface area contributed by atoms with Crippen molar-refractivity contribution < 1.29 is 9.31 Å². The highest BCUT2D eigenvalue weighted by atomic mass is 32.1. The second-order valence-electron chi connectivity index (χ2n) is 4.15. The standard InChI is InChI=1S/C13H13FN2O2S/c1-9(10-3-2-4-11(14)7-10)15-8-12-5-6-13(19-12)16(17)18/h2-7,9,15H,8H2,1H3/t9-/m0/s1. The van der Waals surface area contributed by atoms with E-state index >= 15 is 0 Å². The summed E-state index contributed by atoms with van der Waals surface area (Å²) in [5, 5.41) is 13.9. The summed E-state index contributed by atoms with van der Waals surface area (Å²) in [4.78, 5) is 11.1. The first-order valence-corrected chi connectivity index (χ1v) is 6.60. The molecule has 1 aromatic carbocycles. The van der Waals surface area contributed by atoms with Crippen LogP contribution >= 0.6 is 11.3 Å². The van der Waals surface area contributed by atoms with Gasteiger partial charge in [0, 0.05) is 23.5 Å². The summed E-state index contributed by atoms with van der Waals surface area (Å²) in [6, 6.07) is 9.60. The summed E-state index contributed by atoms with van der Waals surface area (Å²) in [5.74, 6) is -0.266. The lowest BCUT2D eigenvalue weighted by Gasteiger charge is -2.13. The average Bonchev–Trinajstić information content (AvgIpc) is 2.85. The van der Waals surface area contributed by atoms with Crippen molar-refractivity contribution in [3.05, 3.63) is 62.8 Å². The number of halogens is 1. The van der Waals surface area contributed by atoms with Gasteiger partial charge in [-0.1, -0.05) is 23.5 Å². The molecule has 0 radical (unpaired) electrons. The summed E-state index contributed by atoms with van der Waals surface area (Å²) in [7, 11) is 0. The molecule has 0 saturated heterocycles. The van der Waals surface area contributed by atoms with Gasteiger partial charge in [0.2, 0.25) is 0 Å². The van der Waals surface area contributed by atoms with Crippen LogP contribution in [0.15, 0.2) is 36.4 Å². The van der Waals surface area contributed by atoms with Crippen molar-refractivity contribution in [1.82, 2.24) is 5.32 Å². The van der Waals surface area contributed by atoms with E-state index in [0.717, 1.165) is 21.8 Å². The van der Waals surface area contributed by atoms with E-state index in [1.54, 1.807) is 12.1 Å². The third-order valence-corrected chi connectivity index (χ3v) is 3.80. The van der Waals surface area contributed by atoms with Crippen LogP contribution in [0.5, 0.6) is 0 Å². The summed E-state index contributed by atoms with van der Waals surface area (Å²) in [6.07, 6.45) is 0. The van der Waals surface area contributed by atoms with Crippen LogP contribution < -0.4 is 5.32 Å². The SMILES string of the molecule is C[C@H](NCc1ccc([N+](=O)[O-])s1)c1cccc(F)c1. The maximum Gasteiger partial charge on any atom is 0.324 e. The first-order chi connectivity index (χ1) is 9.06. The Balaban J connectivity index is 1.96. The van der Waals surface area contributed by atoms with E-state index in [9.17, 15) is 14.5 Å². The van der Waals surface area contributed by atoms with Crippen LogP contribution in [0.4, 0.5) is 9.39 Å². The third kappa shape index (κ3) is 3.59. The molecule has 19 heavy (non-hydrogen) atoms. The first kappa shape index (κ1) is 13.6. The molecule has 1 atom stereocenters. The Morgan fingerprint density at radius 1 is 1.42 bits per heavy atom. The number of benzene rings is 1. The van der Waals surface area contributed by atoms with Gasteiger partial charge in [0.1, 0.15) is 5.82 Å². The number of hydrogen-bond acceptors (Lipinski definition) is 4. The highest BCUT2D eigenvalue weighted by Gasteiger charge is 2.11. The van der Waals surface area contributed by atoms with Crippen molar-refractivity contribution in [2.75, 3.05) is 0 Å². The van der Waals surface area contributed by atoms with Gasteiger partial charge >= 0.3 is 5.00 Å². The van der Waals surface area contributed by atoms with Crippen molar-refractivity contribution in [1.29, 1.82) is 0 Å². The van der Waals surface area contributed by atoms with Crippen molar-refractivity contribution in [2.45, 2.75) is 19.5 Å². The van der Waals surface area contributed by atoms with Gasteiger partial charge in [0.05, 0.1) is 4.92 Å². The number of hydrogen-bond donors (Lipinski definition) is 1. The van der Waals surface area contributed by atoms with Crippen LogP contribution in [0.1, 0.15) is 23.4 Å². The van der Waals surface area contributed by atoms with Crippen LogP contribution in [-0.4, -0.2) is 4.92 Å². The van der Waals surface area contributed by atoms with Crippen LogP contribution in [0.3, 0.4) is 0 Å².